The number of hydrogen-bond donors (Lipinski definition) is 5. The number of nitrogens with two attached hydrogens (primary N) is 1. The van der Waals surface area contributed by atoms with Gasteiger partial charge in [0.05, 0.1) is 29.9 Å². The molecule has 0 spiro atoms. The number of nitrogens with one attached hydrogen (secondary N) is 4. The minimum absolute atomic E-state index is 0.0382. The number of aromatic amines is 1. The van der Waals surface area contributed by atoms with Gasteiger partial charge in [-0.3, -0.25) is 10.3 Å². The van der Waals surface area contributed by atoms with E-state index in [1.165, 1.54) is 18.3 Å². The maximum absolute atomic E-state index is 14.8. The first kappa shape index (κ1) is 35.6. The predicted octanol–water partition coefficient (Wildman–Crippen LogP) is 6.06. The molecule has 9 nitrogen and oxygen atoms in total. The molecule has 1 saturated heterocycles. The zero-order valence-corrected chi connectivity index (χ0v) is 28.4. The Morgan fingerprint density at radius 3 is 2.73 bits per heavy atom. The summed E-state index contributed by atoms with van der Waals surface area (Å²) in [6.07, 6.45) is 11.7. The molecule has 1 fully saturated rings. The zero-order valence-electron chi connectivity index (χ0n) is 27.6. The number of nitrogens with zero attached hydrogens (tertiary/aromatic N) is 2. The van der Waals surface area contributed by atoms with Gasteiger partial charge in [-0.15, -0.1) is 0 Å². The highest BCUT2D eigenvalue weighted by Gasteiger charge is 2.37. The Bertz CT molecular complexity index is 2010. The highest BCUT2D eigenvalue weighted by atomic mass is 32.2. The Morgan fingerprint density at radius 1 is 1.27 bits per heavy atom. The first-order valence-corrected chi connectivity index (χ1v) is 17.6. The number of likely N-dealkylation sites (tertiary alicyclic amines) is 1. The molecule has 1 aromatic carbocycles. The lowest BCUT2D eigenvalue weighted by Gasteiger charge is -2.16. The molecule has 2 aromatic heterocycles. The van der Waals surface area contributed by atoms with Gasteiger partial charge < -0.3 is 16.0 Å². The number of sulfonamides is 1. The molecule has 3 aromatic rings. The standard InChI is InChI=1S/C36H40F3N7O2S/c1-5-42-19-26(13-22(2)20-46-12-11-36(38,39)21-46)31-10-9-30(40)35(44-31)33(41)32-17-29-28(8-6-7-23(3)34(29)45-32)25-14-24(15-27(37)16-25)18-43-49(4,47)48/h5-10,13-17,19,23,41-43,45H,1,11-12,18,20-21,40H2,2-4H3/b22-13+,26-19+,41-33?. The lowest BCUT2D eigenvalue weighted by Crippen LogP contribution is -2.26. The van der Waals surface area contributed by atoms with E-state index in [9.17, 15) is 27.0 Å². The molecule has 0 saturated carbocycles. The average molecular weight is 692 g/mol. The Labute approximate surface area is 284 Å². The Hall–Kier alpha value is -4.72. The number of benzene rings is 1. The van der Waals surface area contributed by atoms with Crippen LogP contribution in [-0.4, -0.2) is 60.8 Å². The second kappa shape index (κ2) is 14.4. The van der Waals surface area contributed by atoms with Crippen LogP contribution in [0.5, 0.6) is 0 Å². The Balaban J connectivity index is 1.47. The van der Waals surface area contributed by atoms with Gasteiger partial charge in [-0.05, 0) is 66.2 Å². The summed E-state index contributed by atoms with van der Waals surface area (Å²) in [6, 6.07) is 9.62. The van der Waals surface area contributed by atoms with Crippen molar-refractivity contribution in [2.24, 2.45) is 0 Å². The molecule has 3 heterocycles. The zero-order chi connectivity index (χ0) is 35.5. The predicted molar refractivity (Wildman–Crippen MR) is 189 cm³/mol. The highest BCUT2D eigenvalue weighted by Crippen LogP contribution is 2.36. The lowest BCUT2D eigenvalue weighted by molar-refractivity contribution is 0.0131. The van der Waals surface area contributed by atoms with Crippen LogP contribution in [0.2, 0.25) is 0 Å². The Morgan fingerprint density at radius 2 is 2.04 bits per heavy atom. The third-order valence-electron chi connectivity index (χ3n) is 8.27. The van der Waals surface area contributed by atoms with E-state index in [-0.39, 0.29) is 42.5 Å². The summed E-state index contributed by atoms with van der Waals surface area (Å²) < 4.78 is 68.1. The number of anilines is 1. The molecule has 5 rings (SSSR count). The van der Waals surface area contributed by atoms with E-state index in [0.717, 1.165) is 23.1 Å². The molecule has 1 unspecified atom stereocenters. The fourth-order valence-corrected chi connectivity index (χ4v) is 6.40. The van der Waals surface area contributed by atoms with Crippen molar-refractivity contribution in [3.8, 4) is 0 Å². The topological polar surface area (TPSA) is 140 Å². The van der Waals surface area contributed by atoms with Gasteiger partial charge in [0.25, 0.3) is 5.92 Å². The maximum atomic E-state index is 14.8. The number of alkyl halides is 2. The number of H-pyrrole nitrogens is 1. The Kier molecular flexibility index (Phi) is 10.5. The molecule has 1 aliphatic carbocycles. The average Bonchev–Trinajstić information content (AvgIpc) is 3.58. The van der Waals surface area contributed by atoms with Crippen LogP contribution >= 0.6 is 0 Å². The van der Waals surface area contributed by atoms with E-state index >= 15 is 0 Å². The first-order chi connectivity index (χ1) is 23.1. The van der Waals surface area contributed by atoms with Gasteiger partial charge in [0.2, 0.25) is 10.0 Å². The molecule has 0 amide bonds. The molecule has 6 N–H and O–H groups in total. The molecule has 2 aliphatic rings. The SMILES string of the molecule is C=CN/C=C(\C=C(/C)CN1CCC(F)(F)C1)c1ccc(N)c(C(=N)c2cc3c([nH]2)C(C)C=CC=C3c2cc(F)cc(CNS(C)(=O)=O)c2)n1. The van der Waals surface area contributed by atoms with E-state index < -0.39 is 21.8 Å². The molecular formula is C36H40F3N7O2S. The first-order valence-electron chi connectivity index (χ1n) is 15.7. The van der Waals surface area contributed by atoms with Gasteiger partial charge in [0.1, 0.15) is 17.2 Å². The summed E-state index contributed by atoms with van der Waals surface area (Å²) in [5.41, 5.74) is 12.6. The fraction of sp³-hybridized carbons (Fsp3) is 0.278. The normalized spacial score (nSPS) is 18.2. The monoisotopic (exact) mass is 691 g/mol. The van der Waals surface area contributed by atoms with Crippen molar-refractivity contribution in [2.45, 2.75) is 38.7 Å². The van der Waals surface area contributed by atoms with Crippen LogP contribution in [0.15, 0.2) is 85.3 Å². The number of hydrogen-bond acceptors (Lipinski definition) is 7. The lowest BCUT2D eigenvalue weighted by atomic mass is 9.94. The van der Waals surface area contributed by atoms with Crippen LogP contribution in [0, 0.1) is 11.2 Å². The van der Waals surface area contributed by atoms with Gasteiger partial charge in [0, 0.05) is 55.0 Å². The number of rotatable bonds is 12. The molecule has 1 aliphatic heterocycles. The third-order valence-corrected chi connectivity index (χ3v) is 8.94. The smallest absolute Gasteiger partial charge is 0.261 e. The molecule has 258 valence electrons. The number of fused-ring (bicyclic) bond motifs is 1. The summed E-state index contributed by atoms with van der Waals surface area (Å²) in [4.78, 5) is 9.85. The minimum Gasteiger partial charge on any atom is -0.397 e. The second-order valence-corrected chi connectivity index (χ2v) is 14.3. The van der Waals surface area contributed by atoms with E-state index in [0.29, 0.717) is 46.8 Å². The molecule has 13 heteroatoms. The van der Waals surface area contributed by atoms with E-state index in [1.54, 1.807) is 29.3 Å². The number of aromatic nitrogens is 2. The van der Waals surface area contributed by atoms with Gasteiger partial charge in [-0.2, -0.15) is 0 Å². The van der Waals surface area contributed by atoms with Crippen LogP contribution < -0.4 is 15.8 Å². The largest absolute Gasteiger partial charge is 0.397 e. The summed E-state index contributed by atoms with van der Waals surface area (Å²) in [7, 11) is -3.48. The van der Waals surface area contributed by atoms with Crippen molar-refractivity contribution in [2.75, 3.05) is 31.6 Å². The van der Waals surface area contributed by atoms with E-state index in [1.807, 2.05) is 44.2 Å². The fourth-order valence-electron chi connectivity index (χ4n) is 5.97. The third kappa shape index (κ3) is 8.85. The van der Waals surface area contributed by atoms with Gasteiger partial charge in [-0.25, -0.2) is 31.3 Å². The van der Waals surface area contributed by atoms with Crippen molar-refractivity contribution in [1.82, 2.24) is 24.9 Å². The number of halogens is 3. The van der Waals surface area contributed by atoms with E-state index in [4.69, 9.17) is 10.7 Å². The quantitative estimate of drug-likeness (QED) is 0.116. The number of pyridine rings is 1. The van der Waals surface area contributed by atoms with Gasteiger partial charge in [-0.1, -0.05) is 43.4 Å². The molecule has 0 bridgehead atoms. The molecule has 0 radical (unpaired) electrons. The molecule has 49 heavy (non-hydrogen) atoms. The molecule has 1 atom stereocenters. The summed E-state index contributed by atoms with van der Waals surface area (Å²) in [5.74, 6) is -3.28. The van der Waals surface area contributed by atoms with Crippen molar-refractivity contribution in [3.63, 3.8) is 0 Å². The van der Waals surface area contributed by atoms with Crippen LogP contribution in [0.1, 0.15) is 65.7 Å². The van der Waals surface area contributed by atoms with Gasteiger partial charge in [0.15, 0.2) is 0 Å². The minimum atomic E-state index is -3.48. The second-order valence-electron chi connectivity index (χ2n) is 12.5. The van der Waals surface area contributed by atoms with Crippen LogP contribution in [0.3, 0.4) is 0 Å². The number of nitrogen functional groups attached to an aromatic ring is 1. The maximum Gasteiger partial charge on any atom is 0.261 e. The molecular weight excluding hydrogens is 652 g/mol. The van der Waals surface area contributed by atoms with Crippen molar-refractivity contribution in [3.05, 3.63) is 131 Å². The van der Waals surface area contributed by atoms with Crippen LogP contribution in [0.25, 0.3) is 11.1 Å². The number of allylic oxidation sites excluding steroid dienone is 5. The highest BCUT2D eigenvalue weighted by molar-refractivity contribution is 7.88. The van der Waals surface area contributed by atoms with Gasteiger partial charge >= 0.3 is 0 Å². The van der Waals surface area contributed by atoms with E-state index in [2.05, 4.69) is 21.6 Å². The summed E-state index contributed by atoms with van der Waals surface area (Å²) in [6.45, 7) is 7.91. The summed E-state index contributed by atoms with van der Waals surface area (Å²) >= 11 is 0. The van der Waals surface area contributed by atoms with Crippen LogP contribution in [0.4, 0.5) is 18.9 Å². The van der Waals surface area contributed by atoms with Crippen LogP contribution in [-0.2, 0) is 16.6 Å². The van der Waals surface area contributed by atoms with Crippen molar-refractivity contribution in [1.29, 1.82) is 5.41 Å². The van der Waals surface area contributed by atoms with Crippen molar-refractivity contribution >= 4 is 32.6 Å². The summed E-state index contributed by atoms with van der Waals surface area (Å²) in [5, 5.41) is 12.1. The van der Waals surface area contributed by atoms with Crippen molar-refractivity contribution < 1.29 is 21.6 Å².